The van der Waals surface area contributed by atoms with Crippen LogP contribution in [0.25, 0.3) is 0 Å². The third-order valence-electron chi connectivity index (χ3n) is 2.48. The molecular formula is C14H11Cl3N2OS. The van der Waals surface area contributed by atoms with Gasteiger partial charge in [-0.05, 0) is 24.3 Å². The molecular weight excluding hydrogens is 351 g/mol. The Morgan fingerprint density at radius 2 is 1.86 bits per heavy atom. The summed E-state index contributed by atoms with van der Waals surface area (Å²) in [5.41, 5.74) is 0.408. The molecule has 3 nitrogen and oxygen atoms in total. The first-order chi connectivity index (χ1) is 9.97. The van der Waals surface area contributed by atoms with Crippen LogP contribution in [0.1, 0.15) is 10.4 Å². The Hall–Kier alpha value is -0.940. The van der Waals surface area contributed by atoms with Crippen LogP contribution < -0.4 is 5.32 Å². The van der Waals surface area contributed by atoms with E-state index in [1.807, 2.05) is 30.3 Å². The van der Waals surface area contributed by atoms with Crippen molar-refractivity contribution in [1.82, 2.24) is 10.3 Å². The number of alkyl halides is 3. The summed E-state index contributed by atoms with van der Waals surface area (Å²) in [5, 5.41) is 1.99. The molecule has 1 aromatic heterocycles. The molecule has 0 saturated heterocycles. The van der Waals surface area contributed by atoms with Crippen molar-refractivity contribution in [2.75, 3.05) is 0 Å². The molecule has 1 heterocycles. The quantitative estimate of drug-likeness (QED) is 0.501. The van der Waals surface area contributed by atoms with Gasteiger partial charge in [0.05, 0.1) is 5.56 Å². The first-order valence-corrected chi connectivity index (χ1v) is 7.97. The third-order valence-corrected chi connectivity index (χ3v) is 4.77. The zero-order valence-electron chi connectivity index (χ0n) is 10.7. The normalized spacial score (nSPS) is 12.7. The minimum Gasteiger partial charge on any atom is -0.336 e. The molecule has 0 aliphatic rings. The van der Waals surface area contributed by atoms with Crippen LogP contribution in [0.2, 0.25) is 0 Å². The van der Waals surface area contributed by atoms with Gasteiger partial charge in [0.15, 0.2) is 0 Å². The van der Waals surface area contributed by atoms with E-state index in [-0.39, 0.29) is 5.91 Å². The molecule has 1 aromatic carbocycles. The van der Waals surface area contributed by atoms with E-state index < -0.39 is 9.17 Å². The van der Waals surface area contributed by atoms with Crippen LogP contribution in [0.5, 0.6) is 0 Å². The maximum atomic E-state index is 12.2. The van der Waals surface area contributed by atoms with Gasteiger partial charge in [0.1, 0.15) is 5.37 Å². The molecule has 0 radical (unpaired) electrons. The average molecular weight is 362 g/mol. The molecule has 0 saturated carbocycles. The van der Waals surface area contributed by atoms with Crippen LogP contribution in [0.3, 0.4) is 0 Å². The van der Waals surface area contributed by atoms with Crippen molar-refractivity contribution in [1.29, 1.82) is 0 Å². The molecule has 1 unspecified atom stereocenters. The largest absolute Gasteiger partial charge is 0.336 e. The van der Waals surface area contributed by atoms with E-state index in [2.05, 4.69) is 10.3 Å². The van der Waals surface area contributed by atoms with E-state index in [0.29, 0.717) is 5.56 Å². The van der Waals surface area contributed by atoms with Crippen molar-refractivity contribution < 1.29 is 4.79 Å². The van der Waals surface area contributed by atoms with Crippen LogP contribution in [-0.4, -0.2) is 20.1 Å². The predicted molar refractivity (Wildman–Crippen MR) is 88.1 cm³/mol. The molecule has 1 N–H and O–H groups in total. The standard InChI is InChI=1S/C14H11Cl3N2OS/c15-14(16,17)13(21-11-6-2-1-3-7-11)19-12(20)10-5-4-8-18-9-10/h1-9,13H,(H,19,20). The van der Waals surface area contributed by atoms with Crippen molar-refractivity contribution >= 4 is 52.5 Å². The Balaban J connectivity index is 2.12. The number of nitrogens with one attached hydrogen (secondary N) is 1. The molecule has 0 fully saturated rings. The van der Waals surface area contributed by atoms with Gasteiger partial charge < -0.3 is 5.32 Å². The van der Waals surface area contributed by atoms with Gasteiger partial charge in [0.2, 0.25) is 3.79 Å². The summed E-state index contributed by atoms with van der Waals surface area (Å²) in [6.45, 7) is 0. The smallest absolute Gasteiger partial charge is 0.253 e. The molecule has 110 valence electrons. The number of carbonyl (C=O) groups is 1. The number of rotatable bonds is 4. The van der Waals surface area contributed by atoms with E-state index in [9.17, 15) is 4.79 Å². The van der Waals surface area contributed by atoms with Gasteiger partial charge in [0, 0.05) is 17.3 Å². The Labute approximate surface area is 142 Å². The van der Waals surface area contributed by atoms with E-state index in [1.165, 1.54) is 18.0 Å². The van der Waals surface area contributed by atoms with Crippen LogP contribution in [0.4, 0.5) is 0 Å². The van der Waals surface area contributed by atoms with Crippen molar-refractivity contribution in [3.05, 3.63) is 60.4 Å². The maximum absolute atomic E-state index is 12.2. The lowest BCUT2D eigenvalue weighted by molar-refractivity contribution is 0.0949. The number of hydrogen-bond acceptors (Lipinski definition) is 3. The van der Waals surface area contributed by atoms with Gasteiger partial charge in [-0.1, -0.05) is 64.8 Å². The van der Waals surface area contributed by atoms with Crippen LogP contribution >= 0.6 is 46.6 Å². The van der Waals surface area contributed by atoms with E-state index >= 15 is 0 Å². The van der Waals surface area contributed by atoms with Crippen molar-refractivity contribution in [3.63, 3.8) is 0 Å². The second-order valence-corrected chi connectivity index (χ2v) is 7.62. The summed E-state index contributed by atoms with van der Waals surface area (Å²) >= 11 is 19.2. The number of halogens is 3. The lowest BCUT2D eigenvalue weighted by Crippen LogP contribution is -2.41. The summed E-state index contributed by atoms with van der Waals surface area (Å²) in [7, 11) is 0. The van der Waals surface area contributed by atoms with E-state index in [4.69, 9.17) is 34.8 Å². The molecule has 0 aliphatic heterocycles. The number of carbonyl (C=O) groups excluding carboxylic acids is 1. The Morgan fingerprint density at radius 1 is 1.14 bits per heavy atom. The molecule has 7 heteroatoms. The first kappa shape index (κ1) is 16.4. The van der Waals surface area contributed by atoms with Crippen LogP contribution in [0, 0.1) is 0 Å². The van der Waals surface area contributed by atoms with Crippen LogP contribution in [0.15, 0.2) is 59.8 Å². The van der Waals surface area contributed by atoms with Gasteiger partial charge in [-0.25, -0.2) is 0 Å². The highest BCUT2D eigenvalue weighted by Crippen LogP contribution is 2.39. The zero-order valence-corrected chi connectivity index (χ0v) is 13.8. The molecule has 2 aromatic rings. The average Bonchev–Trinajstić information content (AvgIpc) is 2.47. The first-order valence-electron chi connectivity index (χ1n) is 5.96. The summed E-state index contributed by atoms with van der Waals surface area (Å²) < 4.78 is -1.64. The van der Waals surface area contributed by atoms with E-state index in [0.717, 1.165) is 4.90 Å². The van der Waals surface area contributed by atoms with Crippen LogP contribution in [-0.2, 0) is 0 Å². The number of thioether (sulfide) groups is 1. The predicted octanol–water partition coefficient (Wildman–Crippen LogP) is 4.30. The summed E-state index contributed by atoms with van der Waals surface area (Å²) in [6.07, 6.45) is 3.04. The van der Waals surface area contributed by atoms with Crippen molar-refractivity contribution in [3.8, 4) is 0 Å². The lowest BCUT2D eigenvalue weighted by atomic mass is 10.3. The van der Waals surface area contributed by atoms with Crippen molar-refractivity contribution in [2.24, 2.45) is 0 Å². The molecule has 0 aliphatic carbocycles. The van der Waals surface area contributed by atoms with Gasteiger partial charge in [0.25, 0.3) is 5.91 Å². The molecule has 1 atom stereocenters. The highest BCUT2D eigenvalue weighted by molar-refractivity contribution is 8.00. The van der Waals surface area contributed by atoms with E-state index in [1.54, 1.807) is 18.3 Å². The fraction of sp³-hybridized carbons (Fsp3) is 0.143. The molecule has 21 heavy (non-hydrogen) atoms. The van der Waals surface area contributed by atoms with Crippen molar-refractivity contribution in [2.45, 2.75) is 14.1 Å². The summed E-state index contributed by atoms with van der Waals surface area (Å²) in [5.74, 6) is -0.345. The fourth-order valence-corrected chi connectivity index (χ4v) is 2.96. The molecule has 2 rings (SSSR count). The molecule has 0 spiro atoms. The van der Waals surface area contributed by atoms with Gasteiger partial charge in [-0.3, -0.25) is 9.78 Å². The third kappa shape index (κ3) is 5.08. The van der Waals surface area contributed by atoms with Gasteiger partial charge in [-0.15, -0.1) is 0 Å². The summed E-state index contributed by atoms with van der Waals surface area (Å²) in [6, 6.07) is 12.7. The summed E-state index contributed by atoms with van der Waals surface area (Å²) in [4.78, 5) is 16.9. The number of benzene rings is 1. The topological polar surface area (TPSA) is 42.0 Å². The second-order valence-electron chi connectivity index (χ2n) is 4.07. The number of pyridine rings is 1. The lowest BCUT2D eigenvalue weighted by Gasteiger charge is -2.25. The number of amides is 1. The highest BCUT2D eigenvalue weighted by atomic mass is 35.6. The highest BCUT2D eigenvalue weighted by Gasteiger charge is 2.35. The Kier molecular flexibility index (Phi) is 5.76. The zero-order chi connectivity index (χ0) is 15.3. The SMILES string of the molecule is O=C(NC(Sc1ccccc1)C(Cl)(Cl)Cl)c1cccnc1. The van der Waals surface area contributed by atoms with Gasteiger partial charge >= 0.3 is 0 Å². The fourth-order valence-electron chi connectivity index (χ4n) is 1.51. The minimum atomic E-state index is -1.64. The molecule has 1 amide bonds. The number of nitrogens with zero attached hydrogens (tertiary/aromatic N) is 1. The van der Waals surface area contributed by atoms with Gasteiger partial charge in [-0.2, -0.15) is 0 Å². The minimum absolute atomic E-state index is 0.345. The maximum Gasteiger partial charge on any atom is 0.253 e. The molecule has 0 bridgehead atoms. The Morgan fingerprint density at radius 3 is 2.43 bits per heavy atom. The number of aromatic nitrogens is 1. The number of hydrogen-bond donors (Lipinski definition) is 1. The second kappa shape index (κ2) is 7.36. The monoisotopic (exact) mass is 360 g/mol. The Bertz CT molecular complexity index is 590.